The van der Waals surface area contributed by atoms with Crippen LogP contribution in [-0.4, -0.2) is 47.1 Å². The molecule has 0 N–H and O–H groups in total. The highest BCUT2D eigenvalue weighted by atomic mass is 15.2. The van der Waals surface area contributed by atoms with E-state index in [0.717, 1.165) is 11.8 Å². The summed E-state index contributed by atoms with van der Waals surface area (Å²) in [7, 11) is 0. The third kappa shape index (κ3) is 3.95. The molecule has 0 bridgehead atoms. The Kier molecular flexibility index (Phi) is 4.64. The van der Waals surface area contributed by atoms with Gasteiger partial charge in [0.2, 0.25) is 0 Å². The molecule has 3 fully saturated rings. The van der Waals surface area contributed by atoms with Crippen molar-refractivity contribution in [3.63, 3.8) is 0 Å². The molecule has 2 aliphatic heterocycles. The molecule has 2 nitrogen and oxygen atoms in total. The van der Waals surface area contributed by atoms with Crippen LogP contribution in [0, 0.1) is 17.3 Å². The molecule has 3 aliphatic rings. The normalized spacial score (nSPS) is 30.8. The molecule has 1 unspecified atom stereocenters. The molecule has 1 aliphatic carbocycles. The largest absolute Gasteiger partial charge is 0.298 e. The molecule has 0 radical (unpaired) electrons. The predicted octanol–water partition coefficient (Wildman–Crippen LogP) is 4.79. The van der Waals surface area contributed by atoms with E-state index in [4.69, 9.17) is 0 Å². The van der Waals surface area contributed by atoms with Gasteiger partial charge in [-0.05, 0) is 96.2 Å². The molecule has 134 valence electrons. The molecule has 1 saturated carbocycles. The van der Waals surface area contributed by atoms with Gasteiger partial charge in [-0.2, -0.15) is 0 Å². The summed E-state index contributed by atoms with van der Waals surface area (Å²) >= 11 is 0. The lowest BCUT2D eigenvalue weighted by molar-refractivity contribution is 0.0190. The molecular weight excluding hydrogens is 280 g/mol. The Morgan fingerprint density at radius 3 is 1.96 bits per heavy atom. The van der Waals surface area contributed by atoms with Gasteiger partial charge in [-0.1, -0.05) is 20.8 Å². The predicted molar refractivity (Wildman–Crippen MR) is 99.8 cm³/mol. The fourth-order valence-corrected chi connectivity index (χ4v) is 5.03. The zero-order valence-corrected chi connectivity index (χ0v) is 16.6. The number of nitrogens with zero attached hydrogens (tertiary/aromatic N) is 2. The maximum atomic E-state index is 2.92. The fourth-order valence-electron chi connectivity index (χ4n) is 5.03. The van der Waals surface area contributed by atoms with Crippen molar-refractivity contribution in [2.24, 2.45) is 17.3 Å². The lowest BCUT2D eigenvalue weighted by atomic mass is 9.72. The standard InChI is InChI=1S/C21H40N2/c1-19(2,3)18-9-14-23(21(15-18)10-11-21)16-17-7-12-22(13-8-17)20(4,5)6/h17-18H,7-16H2,1-6H3. The van der Waals surface area contributed by atoms with Crippen LogP contribution < -0.4 is 0 Å². The number of hydrogen-bond donors (Lipinski definition) is 0. The zero-order valence-electron chi connectivity index (χ0n) is 16.6. The van der Waals surface area contributed by atoms with Crippen molar-refractivity contribution in [3.8, 4) is 0 Å². The highest BCUT2D eigenvalue weighted by Gasteiger charge is 2.53. The maximum Gasteiger partial charge on any atom is 0.0213 e. The first-order valence-electron chi connectivity index (χ1n) is 10.1. The molecule has 3 rings (SSSR count). The summed E-state index contributed by atoms with van der Waals surface area (Å²) in [6.45, 7) is 19.8. The molecule has 2 heterocycles. The SMILES string of the molecule is CC(C)(C)C1CCN(CC2CCN(C(C)(C)C)CC2)C2(CC2)C1. The van der Waals surface area contributed by atoms with E-state index in [0.29, 0.717) is 16.5 Å². The maximum absolute atomic E-state index is 2.92. The first-order chi connectivity index (χ1) is 10.6. The summed E-state index contributed by atoms with van der Waals surface area (Å²) in [6.07, 6.45) is 8.66. The average molecular weight is 321 g/mol. The van der Waals surface area contributed by atoms with Crippen LogP contribution in [0.5, 0.6) is 0 Å². The van der Waals surface area contributed by atoms with Crippen LogP contribution in [0.2, 0.25) is 0 Å². The molecule has 0 aromatic carbocycles. The summed E-state index contributed by atoms with van der Waals surface area (Å²) in [6, 6.07) is 0. The van der Waals surface area contributed by atoms with Crippen LogP contribution in [0.15, 0.2) is 0 Å². The van der Waals surface area contributed by atoms with E-state index in [1.807, 2.05) is 0 Å². The van der Waals surface area contributed by atoms with Gasteiger partial charge < -0.3 is 0 Å². The highest BCUT2D eigenvalue weighted by Crippen LogP contribution is 2.53. The van der Waals surface area contributed by atoms with Crippen LogP contribution in [0.4, 0.5) is 0 Å². The molecule has 0 aromatic rings. The van der Waals surface area contributed by atoms with E-state index in [-0.39, 0.29) is 0 Å². The molecular formula is C21H40N2. The third-order valence-electron chi connectivity index (χ3n) is 7.14. The Hall–Kier alpha value is -0.0800. The van der Waals surface area contributed by atoms with Gasteiger partial charge in [0.1, 0.15) is 0 Å². The molecule has 0 amide bonds. The quantitative estimate of drug-likeness (QED) is 0.722. The third-order valence-corrected chi connectivity index (χ3v) is 7.14. The van der Waals surface area contributed by atoms with Gasteiger partial charge in [0, 0.05) is 17.6 Å². The summed E-state index contributed by atoms with van der Waals surface area (Å²) < 4.78 is 0. The molecule has 1 spiro atoms. The van der Waals surface area contributed by atoms with Gasteiger partial charge in [0.15, 0.2) is 0 Å². The summed E-state index contributed by atoms with van der Waals surface area (Å²) in [4.78, 5) is 5.61. The summed E-state index contributed by atoms with van der Waals surface area (Å²) in [5.74, 6) is 1.88. The summed E-state index contributed by atoms with van der Waals surface area (Å²) in [5, 5.41) is 0. The summed E-state index contributed by atoms with van der Waals surface area (Å²) in [5.41, 5.74) is 1.48. The van der Waals surface area contributed by atoms with Gasteiger partial charge in [0.05, 0.1) is 0 Å². The monoisotopic (exact) mass is 320 g/mol. The van der Waals surface area contributed by atoms with Crippen LogP contribution in [0.3, 0.4) is 0 Å². The Bertz CT molecular complexity index is 403. The van der Waals surface area contributed by atoms with E-state index < -0.39 is 0 Å². The van der Waals surface area contributed by atoms with Crippen LogP contribution >= 0.6 is 0 Å². The van der Waals surface area contributed by atoms with Gasteiger partial charge >= 0.3 is 0 Å². The Labute approximate surface area is 145 Å². The van der Waals surface area contributed by atoms with Gasteiger partial charge in [-0.3, -0.25) is 9.80 Å². The van der Waals surface area contributed by atoms with Gasteiger partial charge in [-0.15, -0.1) is 0 Å². The number of likely N-dealkylation sites (tertiary alicyclic amines) is 2. The average Bonchev–Trinajstić information content (AvgIpc) is 3.20. The van der Waals surface area contributed by atoms with Crippen molar-refractivity contribution in [3.05, 3.63) is 0 Å². The fraction of sp³-hybridized carbons (Fsp3) is 1.00. The molecule has 0 aromatic heterocycles. The lowest BCUT2D eigenvalue weighted by Gasteiger charge is -2.47. The smallest absolute Gasteiger partial charge is 0.0213 e. The molecule has 1 atom stereocenters. The Balaban J connectivity index is 1.52. The van der Waals surface area contributed by atoms with Crippen molar-refractivity contribution in [1.29, 1.82) is 0 Å². The Morgan fingerprint density at radius 2 is 1.48 bits per heavy atom. The second kappa shape index (κ2) is 6.02. The number of rotatable bonds is 2. The minimum atomic E-state index is 0.355. The van der Waals surface area contributed by atoms with Gasteiger partial charge in [-0.25, -0.2) is 0 Å². The van der Waals surface area contributed by atoms with Crippen molar-refractivity contribution in [1.82, 2.24) is 9.80 Å². The number of piperidine rings is 2. The van der Waals surface area contributed by atoms with Gasteiger partial charge in [0.25, 0.3) is 0 Å². The topological polar surface area (TPSA) is 6.48 Å². The van der Waals surface area contributed by atoms with E-state index in [2.05, 4.69) is 51.3 Å². The highest BCUT2D eigenvalue weighted by molar-refractivity contribution is 5.08. The van der Waals surface area contributed by atoms with E-state index in [1.165, 1.54) is 64.7 Å². The lowest BCUT2D eigenvalue weighted by Crippen LogP contribution is -2.51. The minimum Gasteiger partial charge on any atom is -0.298 e. The van der Waals surface area contributed by atoms with Crippen molar-refractivity contribution in [2.45, 2.75) is 91.1 Å². The van der Waals surface area contributed by atoms with E-state index in [9.17, 15) is 0 Å². The number of hydrogen-bond acceptors (Lipinski definition) is 2. The van der Waals surface area contributed by atoms with Crippen LogP contribution in [0.1, 0.15) is 80.1 Å². The van der Waals surface area contributed by atoms with Crippen molar-refractivity contribution >= 4 is 0 Å². The van der Waals surface area contributed by atoms with Crippen LogP contribution in [-0.2, 0) is 0 Å². The van der Waals surface area contributed by atoms with Crippen molar-refractivity contribution in [2.75, 3.05) is 26.2 Å². The first-order valence-corrected chi connectivity index (χ1v) is 10.1. The second-order valence-corrected chi connectivity index (χ2v) is 10.8. The van der Waals surface area contributed by atoms with Crippen LogP contribution in [0.25, 0.3) is 0 Å². The Morgan fingerprint density at radius 1 is 0.870 bits per heavy atom. The molecule has 23 heavy (non-hydrogen) atoms. The van der Waals surface area contributed by atoms with E-state index in [1.54, 1.807) is 0 Å². The van der Waals surface area contributed by atoms with E-state index >= 15 is 0 Å². The molecule has 2 saturated heterocycles. The second-order valence-electron chi connectivity index (χ2n) is 10.8. The first kappa shape index (κ1) is 17.7. The molecule has 2 heteroatoms. The van der Waals surface area contributed by atoms with Crippen molar-refractivity contribution < 1.29 is 0 Å². The zero-order chi connectivity index (χ0) is 16.9. The minimum absolute atomic E-state index is 0.355.